The molecule has 0 spiro atoms. The van der Waals surface area contributed by atoms with E-state index in [-0.39, 0.29) is 12.6 Å². The van der Waals surface area contributed by atoms with Gasteiger partial charge in [0.05, 0.1) is 18.4 Å². The quantitative estimate of drug-likeness (QED) is 0.412. The fourth-order valence-corrected chi connectivity index (χ4v) is 3.25. The van der Waals surface area contributed by atoms with Crippen LogP contribution in [0.5, 0.6) is 0 Å². The van der Waals surface area contributed by atoms with Crippen molar-refractivity contribution in [2.75, 3.05) is 6.54 Å². The molecule has 2 aromatic rings. The summed E-state index contributed by atoms with van der Waals surface area (Å²) in [6.07, 6.45) is -0.299. The topological polar surface area (TPSA) is 100 Å². The van der Waals surface area contributed by atoms with Crippen LogP contribution in [0.25, 0.3) is 0 Å². The molecule has 1 aliphatic rings. The smallest absolute Gasteiger partial charge is 0.408 e. The van der Waals surface area contributed by atoms with Gasteiger partial charge in [0.2, 0.25) is 0 Å². The molecule has 1 fully saturated rings. The molecular weight excluding hydrogens is 386 g/mol. The lowest BCUT2D eigenvalue weighted by Gasteiger charge is -2.35. The minimum Gasteiger partial charge on any atom is -0.465 e. The van der Waals surface area contributed by atoms with E-state index in [2.05, 4.69) is 10.6 Å². The van der Waals surface area contributed by atoms with E-state index in [1.54, 1.807) is 6.92 Å². The molecular formula is C22H25N3O5. The van der Waals surface area contributed by atoms with Gasteiger partial charge in [-0.1, -0.05) is 65.8 Å². The van der Waals surface area contributed by atoms with Crippen LogP contribution in [-0.4, -0.2) is 46.4 Å². The maximum atomic E-state index is 12.5. The zero-order valence-electron chi connectivity index (χ0n) is 16.7. The van der Waals surface area contributed by atoms with Gasteiger partial charge in [0.1, 0.15) is 6.04 Å². The Balaban J connectivity index is 1.53. The Hall–Kier alpha value is -3.23. The fraction of sp³-hybridized carbons (Fsp3) is 0.318. The lowest BCUT2D eigenvalue weighted by Crippen LogP contribution is -2.55. The number of piperidine rings is 1. The number of carboxylic acid groups (broad SMARTS) is 1. The summed E-state index contributed by atoms with van der Waals surface area (Å²) in [6.45, 7) is 2.21. The van der Waals surface area contributed by atoms with Crippen LogP contribution in [-0.2, 0) is 21.1 Å². The van der Waals surface area contributed by atoms with Crippen molar-refractivity contribution in [1.82, 2.24) is 10.4 Å². The summed E-state index contributed by atoms with van der Waals surface area (Å²) in [7, 11) is 0. The lowest BCUT2D eigenvalue weighted by molar-refractivity contribution is -0.151. The maximum Gasteiger partial charge on any atom is 0.408 e. The molecule has 2 aromatic carbocycles. The van der Waals surface area contributed by atoms with Crippen molar-refractivity contribution in [1.29, 1.82) is 0 Å². The number of likely N-dealkylation sites (tertiary alicyclic amines) is 1. The largest absolute Gasteiger partial charge is 0.465 e. The van der Waals surface area contributed by atoms with Gasteiger partial charge in [0.15, 0.2) is 0 Å². The Labute approximate surface area is 175 Å². The van der Waals surface area contributed by atoms with Gasteiger partial charge in [-0.2, -0.15) is 5.48 Å². The molecule has 3 rings (SSSR count). The van der Waals surface area contributed by atoms with Crippen LogP contribution < -0.4 is 5.48 Å². The molecule has 0 saturated carbocycles. The van der Waals surface area contributed by atoms with Gasteiger partial charge in [-0.05, 0) is 30.9 Å². The second-order valence-corrected chi connectivity index (χ2v) is 7.07. The third-order valence-electron chi connectivity index (χ3n) is 4.90. The first-order valence-corrected chi connectivity index (χ1v) is 9.76. The normalized spacial score (nSPS) is 19.4. The molecule has 1 saturated heterocycles. The highest BCUT2D eigenvalue weighted by Crippen LogP contribution is 2.19. The van der Waals surface area contributed by atoms with Gasteiger partial charge in [-0.15, -0.1) is 0 Å². The van der Waals surface area contributed by atoms with E-state index < -0.39 is 18.1 Å². The van der Waals surface area contributed by atoms with E-state index in [9.17, 15) is 14.7 Å². The predicted octanol–water partition coefficient (Wildman–Crippen LogP) is 3.19. The predicted molar refractivity (Wildman–Crippen MR) is 111 cm³/mol. The Morgan fingerprint density at radius 2 is 1.77 bits per heavy atom. The fourth-order valence-electron chi connectivity index (χ4n) is 3.25. The third-order valence-corrected chi connectivity index (χ3v) is 4.90. The SMILES string of the molecule is C/C(=N/OC(=O)[C@@H]1CC[C@@H](NOCc2ccccc2)CN1C(=O)O)c1ccccc1. The summed E-state index contributed by atoms with van der Waals surface area (Å²) in [6, 6.07) is 17.8. The average molecular weight is 411 g/mol. The first-order chi connectivity index (χ1) is 14.5. The van der Waals surface area contributed by atoms with E-state index in [1.165, 1.54) is 0 Å². The molecule has 2 N–H and O–H groups in total. The van der Waals surface area contributed by atoms with Crippen LogP contribution >= 0.6 is 0 Å². The van der Waals surface area contributed by atoms with Crippen molar-refractivity contribution < 1.29 is 24.4 Å². The molecule has 0 aliphatic carbocycles. The first-order valence-electron chi connectivity index (χ1n) is 9.76. The number of nitrogens with zero attached hydrogens (tertiary/aromatic N) is 2. The van der Waals surface area contributed by atoms with Crippen LogP contribution in [0.3, 0.4) is 0 Å². The second kappa shape index (κ2) is 10.5. The van der Waals surface area contributed by atoms with Crippen molar-refractivity contribution in [2.45, 2.75) is 38.5 Å². The summed E-state index contributed by atoms with van der Waals surface area (Å²) < 4.78 is 0. The Bertz CT molecular complexity index is 873. The highest BCUT2D eigenvalue weighted by molar-refractivity contribution is 5.98. The summed E-state index contributed by atoms with van der Waals surface area (Å²) in [5.74, 6) is -0.684. The molecule has 0 bridgehead atoms. The molecule has 1 amide bonds. The van der Waals surface area contributed by atoms with Crippen LogP contribution in [0.4, 0.5) is 4.79 Å². The number of carbonyl (C=O) groups is 2. The lowest BCUT2D eigenvalue weighted by atomic mass is 9.99. The first kappa shape index (κ1) is 21.5. The average Bonchev–Trinajstić information content (AvgIpc) is 2.78. The van der Waals surface area contributed by atoms with Gasteiger partial charge in [0, 0.05) is 6.54 Å². The van der Waals surface area contributed by atoms with E-state index >= 15 is 0 Å². The van der Waals surface area contributed by atoms with Gasteiger partial charge in [0.25, 0.3) is 0 Å². The van der Waals surface area contributed by atoms with Crippen LogP contribution in [0.1, 0.15) is 30.9 Å². The molecule has 30 heavy (non-hydrogen) atoms. The number of rotatable bonds is 7. The minimum absolute atomic E-state index is 0.116. The molecule has 0 aromatic heterocycles. The van der Waals surface area contributed by atoms with Crippen molar-refractivity contribution >= 4 is 17.8 Å². The zero-order valence-corrected chi connectivity index (χ0v) is 16.7. The number of hydrogen-bond acceptors (Lipinski definition) is 6. The van der Waals surface area contributed by atoms with Crippen molar-refractivity contribution in [2.24, 2.45) is 5.16 Å². The standard InChI is InChI=1S/C22H25N3O5/c1-16(18-10-6-3-7-11-18)23-30-21(26)20-13-12-19(14-25(20)22(27)28)24-29-15-17-8-4-2-5-9-17/h2-11,19-20,24H,12-15H2,1H3,(H,27,28)/b23-16-/t19-,20+/m1/s1. The third kappa shape index (κ3) is 5.88. The van der Waals surface area contributed by atoms with Crippen molar-refractivity contribution in [3.63, 3.8) is 0 Å². The van der Waals surface area contributed by atoms with Crippen molar-refractivity contribution in [3.8, 4) is 0 Å². The molecule has 1 aliphatic heterocycles. The van der Waals surface area contributed by atoms with Gasteiger partial charge in [-0.3, -0.25) is 9.74 Å². The maximum absolute atomic E-state index is 12.5. The highest BCUT2D eigenvalue weighted by atomic mass is 16.7. The number of benzene rings is 2. The van der Waals surface area contributed by atoms with E-state index in [0.717, 1.165) is 16.0 Å². The molecule has 8 nitrogen and oxygen atoms in total. The zero-order chi connectivity index (χ0) is 21.3. The van der Waals surface area contributed by atoms with Crippen LogP contribution in [0.15, 0.2) is 65.8 Å². The minimum atomic E-state index is -1.18. The number of amides is 1. The van der Waals surface area contributed by atoms with E-state index in [4.69, 9.17) is 9.68 Å². The molecule has 2 atom stereocenters. The van der Waals surface area contributed by atoms with E-state index in [0.29, 0.717) is 25.2 Å². The molecule has 158 valence electrons. The second-order valence-electron chi connectivity index (χ2n) is 7.07. The van der Waals surface area contributed by atoms with Gasteiger partial charge >= 0.3 is 12.1 Å². The molecule has 1 heterocycles. The summed E-state index contributed by atoms with van der Waals surface area (Å²) in [4.78, 5) is 35.8. The summed E-state index contributed by atoms with van der Waals surface area (Å²) >= 11 is 0. The molecule has 0 unspecified atom stereocenters. The number of carbonyl (C=O) groups excluding carboxylic acids is 1. The Morgan fingerprint density at radius 3 is 2.43 bits per heavy atom. The summed E-state index contributed by atoms with van der Waals surface area (Å²) in [5.41, 5.74) is 5.27. The monoisotopic (exact) mass is 411 g/mol. The van der Waals surface area contributed by atoms with Crippen LogP contribution in [0, 0.1) is 0 Å². The number of hydrogen-bond donors (Lipinski definition) is 2. The van der Waals surface area contributed by atoms with Crippen molar-refractivity contribution in [3.05, 3.63) is 71.8 Å². The highest BCUT2D eigenvalue weighted by Gasteiger charge is 2.37. The number of oxime groups is 1. The number of nitrogens with one attached hydrogen (secondary N) is 1. The van der Waals surface area contributed by atoms with Gasteiger partial charge in [-0.25, -0.2) is 9.59 Å². The number of hydroxylamine groups is 1. The van der Waals surface area contributed by atoms with E-state index in [1.807, 2.05) is 60.7 Å². The Kier molecular flexibility index (Phi) is 7.53. The molecule has 0 radical (unpaired) electrons. The van der Waals surface area contributed by atoms with Gasteiger partial charge < -0.3 is 9.94 Å². The van der Waals surface area contributed by atoms with Crippen LogP contribution in [0.2, 0.25) is 0 Å². The Morgan fingerprint density at radius 1 is 1.10 bits per heavy atom. The summed E-state index contributed by atoms with van der Waals surface area (Å²) in [5, 5.41) is 13.4. The molecule has 8 heteroatoms.